The molecule has 0 aromatic carbocycles. The molecule has 0 bridgehead atoms. The molecule has 0 fully saturated rings. The van der Waals surface area contributed by atoms with Gasteiger partial charge in [-0.2, -0.15) is 5.10 Å². The van der Waals surface area contributed by atoms with Gasteiger partial charge in [0.15, 0.2) is 18.7 Å². The second-order valence-electron chi connectivity index (χ2n) is 6.07. The van der Waals surface area contributed by atoms with Crippen molar-refractivity contribution in [1.29, 1.82) is 0 Å². The molecule has 0 aliphatic rings. The van der Waals surface area contributed by atoms with Crippen molar-refractivity contribution in [2.75, 3.05) is 6.61 Å². The minimum Gasteiger partial charge on any atom is -0.436 e. The molecule has 1 amide bonds. The van der Waals surface area contributed by atoms with Crippen LogP contribution in [-0.4, -0.2) is 39.3 Å². The van der Waals surface area contributed by atoms with Gasteiger partial charge in [0.05, 0.1) is 5.56 Å². The molecule has 0 radical (unpaired) electrons. The fourth-order valence-corrected chi connectivity index (χ4v) is 1.94. The Morgan fingerprint density at radius 1 is 1.44 bits per heavy atom. The van der Waals surface area contributed by atoms with E-state index in [9.17, 15) is 9.59 Å². The van der Waals surface area contributed by atoms with Crippen molar-refractivity contribution in [3.8, 4) is 17.7 Å². The molecule has 0 saturated carbocycles. The minimum atomic E-state index is -0.564. The molecular weight excluding hydrogens is 344 g/mol. The zero-order valence-electron chi connectivity index (χ0n) is 14.0. The summed E-state index contributed by atoms with van der Waals surface area (Å²) in [5, 5.41) is 7.16. The van der Waals surface area contributed by atoms with E-state index in [0.717, 1.165) is 0 Å². The minimum absolute atomic E-state index is 0.123. The average Bonchev–Trinajstić information content (AvgIpc) is 2.93. The molecule has 0 aliphatic heterocycles. The van der Waals surface area contributed by atoms with Gasteiger partial charge in [-0.15, -0.1) is 0 Å². The number of rotatable bonds is 3. The summed E-state index contributed by atoms with van der Waals surface area (Å²) in [6.45, 7) is 5.40. The number of alkyl carbamates (subject to hydrolysis) is 1. The molecule has 0 unspecified atom stereocenters. The van der Waals surface area contributed by atoms with Gasteiger partial charge in [0.2, 0.25) is 0 Å². The van der Waals surface area contributed by atoms with Crippen molar-refractivity contribution < 1.29 is 14.3 Å². The topological polar surface area (TPSA) is 86.1 Å². The molecule has 1 N–H and O–H groups in total. The van der Waals surface area contributed by atoms with Crippen LogP contribution in [0, 0.1) is 11.8 Å². The summed E-state index contributed by atoms with van der Waals surface area (Å²) < 4.78 is 6.35. The van der Waals surface area contributed by atoms with Gasteiger partial charge in [-0.1, -0.05) is 23.6 Å². The fourth-order valence-electron chi connectivity index (χ4n) is 1.78. The quantitative estimate of drug-likeness (QED) is 0.516. The van der Waals surface area contributed by atoms with Crippen LogP contribution >= 0.6 is 11.6 Å². The molecule has 25 heavy (non-hydrogen) atoms. The van der Waals surface area contributed by atoms with E-state index < -0.39 is 11.6 Å². The Balaban J connectivity index is 2.08. The van der Waals surface area contributed by atoms with Crippen LogP contribution in [0.4, 0.5) is 4.79 Å². The summed E-state index contributed by atoms with van der Waals surface area (Å²) in [5.74, 6) is 5.83. The number of nitrogens with one attached hydrogen (secondary N) is 1. The molecular formula is C17H17ClN4O3. The molecule has 0 saturated heterocycles. The van der Waals surface area contributed by atoms with E-state index in [0.29, 0.717) is 22.8 Å². The summed E-state index contributed by atoms with van der Waals surface area (Å²) in [6.07, 6.45) is 1.58. The van der Waals surface area contributed by atoms with E-state index >= 15 is 0 Å². The monoisotopic (exact) mass is 360 g/mol. The number of hydrogen-bond acceptors (Lipinski definition) is 5. The lowest BCUT2D eigenvalue weighted by atomic mass is 10.1. The summed E-state index contributed by atoms with van der Waals surface area (Å²) in [4.78, 5) is 26.8. The molecule has 7 nitrogen and oxygen atoms in total. The molecule has 0 atom stereocenters. The van der Waals surface area contributed by atoms with Crippen LogP contribution in [0.25, 0.3) is 5.82 Å². The Bertz CT molecular complexity index is 844. The highest BCUT2D eigenvalue weighted by molar-refractivity contribution is 6.29. The summed E-state index contributed by atoms with van der Waals surface area (Å²) in [6, 6.07) is 5.06. The SMILES string of the molecule is CC(C)(C)NC(=O)OCC#Cc1nn(-c2cccc(Cl)n2)cc1C=O. The first-order valence-corrected chi connectivity index (χ1v) is 7.78. The van der Waals surface area contributed by atoms with E-state index in [1.807, 2.05) is 20.8 Å². The van der Waals surface area contributed by atoms with Gasteiger partial charge in [-0.3, -0.25) is 4.79 Å². The van der Waals surface area contributed by atoms with Crippen LogP contribution in [0.1, 0.15) is 36.8 Å². The highest BCUT2D eigenvalue weighted by Gasteiger charge is 2.14. The number of ether oxygens (including phenoxy) is 1. The predicted molar refractivity (Wildman–Crippen MR) is 92.9 cm³/mol. The molecule has 2 heterocycles. The van der Waals surface area contributed by atoms with Crippen molar-refractivity contribution in [3.63, 3.8) is 0 Å². The van der Waals surface area contributed by atoms with Crippen molar-refractivity contribution in [3.05, 3.63) is 40.8 Å². The number of halogens is 1. The Morgan fingerprint density at radius 2 is 2.20 bits per heavy atom. The zero-order valence-corrected chi connectivity index (χ0v) is 14.8. The number of carbonyl (C=O) groups is 2. The van der Waals surface area contributed by atoms with Gasteiger partial charge in [0.1, 0.15) is 10.8 Å². The smallest absolute Gasteiger partial charge is 0.408 e. The fraction of sp³-hybridized carbons (Fsp3) is 0.294. The van der Waals surface area contributed by atoms with E-state index in [2.05, 4.69) is 27.2 Å². The first-order chi connectivity index (χ1) is 11.8. The first kappa shape index (κ1) is 18.5. The summed E-state index contributed by atoms with van der Waals surface area (Å²) >= 11 is 5.85. The highest BCUT2D eigenvalue weighted by atomic mass is 35.5. The van der Waals surface area contributed by atoms with Crippen LogP contribution in [0.15, 0.2) is 24.4 Å². The molecule has 2 aromatic heterocycles. The van der Waals surface area contributed by atoms with Gasteiger partial charge in [0.25, 0.3) is 0 Å². The van der Waals surface area contributed by atoms with E-state index in [4.69, 9.17) is 16.3 Å². The van der Waals surface area contributed by atoms with Crippen LogP contribution in [-0.2, 0) is 4.74 Å². The Labute approximate surface area is 150 Å². The Morgan fingerprint density at radius 3 is 2.84 bits per heavy atom. The van der Waals surface area contributed by atoms with Crippen molar-refractivity contribution in [2.45, 2.75) is 26.3 Å². The first-order valence-electron chi connectivity index (χ1n) is 7.40. The average molecular weight is 361 g/mol. The summed E-state index contributed by atoms with van der Waals surface area (Å²) in [5.41, 5.74) is 0.169. The van der Waals surface area contributed by atoms with Gasteiger partial charge in [-0.05, 0) is 38.8 Å². The second kappa shape index (κ2) is 7.81. The molecule has 2 aromatic rings. The van der Waals surface area contributed by atoms with E-state index in [1.165, 1.54) is 10.9 Å². The van der Waals surface area contributed by atoms with Crippen molar-refractivity contribution in [1.82, 2.24) is 20.1 Å². The third kappa shape index (κ3) is 5.62. The maximum Gasteiger partial charge on any atom is 0.408 e. The number of carbonyl (C=O) groups excluding carboxylic acids is 2. The van der Waals surface area contributed by atoms with Crippen LogP contribution < -0.4 is 5.32 Å². The number of aldehydes is 1. The maximum atomic E-state index is 11.5. The Hall–Kier alpha value is -2.85. The standard InChI is InChI=1S/C17H17ClN4O3/c1-17(2,3)20-16(24)25-9-5-6-13-12(11-23)10-22(21-13)15-8-4-7-14(18)19-15/h4,7-8,10-11H,9H2,1-3H3,(H,20,24). The van der Waals surface area contributed by atoms with Gasteiger partial charge in [-0.25, -0.2) is 14.5 Å². The normalized spacial score (nSPS) is 10.6. The van der Waals surface area contributed by atoms with Gasteiger partial charge >= 0.3 is 6.09 Å². The number of amides is 1. The lowest BCUT2D eigenvalue weighted by Gasteiger charge is -2.19. The van der Waals surface area contributed by atoms with Crippen LogP contribution in [0.2, 0.25) is 5.15 Å². The molecule has 0 spiro atoms. The highest BCUT2D eigenvalue weighted by Crippen LogP contribution is 2.11. The van der Waals surface area contributed by atoms with Crippen LogP contribution in [0.5, 0.6) is 0 Å². The molecule has 0 aliphatic carbocycles. The number of aromatic nitrogens is 3. The zero-order chi connectivity index (χ0) is 18.4. The van der Waals surface area contributed by atoms with Gasteiger partial charge in [0, 0.05) is 11.7 Å². The number of hydrogen-bond donors (Lipinski definition) is 1. The molecule has 8 heteroatoms. The van der Waals surface area contributed by atoms with Crippen molar-refractivity contribution >= 4 is 24.0 Å². The van der Waals surface area contributed by atoms with Crippen LogP contribution in [0.3, 0.4) is 0 Å². The molecule has 130 valence electrons. The third-order valence-corrected chi connectivity index (χ3v) is 2.97. The Kier molecular flexibility index (Phi) is 5.78. The van der Waals surface area contributed by atoms with E-state index in [-0.39, 0.29) is 12.3 Å². The van der Waals surface area contributed by atoms with Crippen molar-refractivity contribution in [2.24, 2.45) is 0 Å². The van der Waals surface area contributed by atoms with E-state index in [1.54, 1.807) is 18.2 Å². The maximum absolute atomic E-state index is 11.5. The summed E-state index contributed by atoms with van der Waals surface area (Å²) in [7, 11) is 0. The number of nitrogens with zero attached hydrogens (tertiary/aromatic N) is 3. The largest absolute Gasteiger partial charge is 0.436 e. The van der Waals surface area contributed by atoms with Gasteiger partial charge < -0.3 is 10.1 Å². The lowest BCUT2D eigenvalue weighted by Crippen LogP contribution is -2.40. The number of pyridine rings is 1. The molecule has 2 rings (SSSR count). The second-order valence-corrected chi connectivity index (χ2v) is 6.45. The lowest BCUT2D eigenvalue weighted by molar-refractivity contribution is 0.112. The predicted octanol–water partition coefficient (Wildman–Crippen LogP) is 2.61. The third-order valence-electron chi connectivity index (χ3n) is 2.76.